The van der Waals surface area contributed by atoms with Gasteiger partial charge in [0.2, 0.25) is 0 Å². The van der Waals surface area contributed by atoms with Gasteiger partial charge in [-0.2, -0.15) is 0 Å². The third kappa shape index (κ3) is 5.88. The molecule has 2 amide bonds. The number of amides is 2. The highest BCUT2D eigenvalue weighted by Gasteiger charge is 2.41. The number of fused-ring (bicyclic) bond motifs is 3. The van der Waals surface area contributed by atoms with Crippen molar-refractivity contribution in [2.75, 3.05) is 43.0 Å². The average molecular weight is 610 g/mol. The van der Waals surface area contributed by atoms with E-state index in [2.05, 4.69) is 61.6 Å². The van der Waals surface area contributed by atoms with Gasteiger partial charge in [-0.25, -0.2) is 9.97 Å². The molecule has 9 nitrogen and oxygen atoms in total. The van der Waals surface area contributed by atoms with Crippen LogP contribution in [0.1, 0.15) is 64.9 Å². The fraction of sp³-hybridized carbons (Fsp3) is 0.412. The van der Waals surface area contributed by atoms with E-state index in [-0.39, 0.29) is 23.9 Å². The topological polar surface area (TPSA) is 93.7 Å². The minimum atomic E-state index is -0.125. The van der Waals surface area contributed by atoms with E-state index in [1.54, 1.807) is 17.5 Å². The van der Waals surface area contributed by atoms with Crippen LogP contribution in [0.25, 0.3) is 10.2 Å². The van der Waals surface area contributed by atoms with Crippen LogP contribution in [0.5, 0.6) is 0 Å². The Bertz CT molecular complexity index is 1620. The summed E-state index contributed by atoms with van der Waals surface area (Å²) in [6.45, 7) is 6.23. The van der Waals surface area contributed by atoms with Crippen molar-refractivity contribution < 1.29 is 9.59 Å². The number of likely N-dealkylation sites (N-methyl/N-ethyl adjacent to an activating group) is 1. The Kier molecular flexibility index (Phi) is 7.95. The number of rotatable bonds is 7. The number of pyridine rings is 1. The van der Waals surface area contributed by atoms with Crippen LogP contribution in [-0.2, 0) is 0 Å². The predicted octanol–water partition coefficient (Wildman–Crippen LogP) is 4.86. The molecule has 0 spiro atoms. The van der Waals surface area contributed by atoms with Crippen LogP contribution < -0.4 is 20.4 Å². The molecule has 10 heteroatoms. The summed E-state index contributed by atoms with van der Waals surface area (Å²) in [7, 11) is 2.16. The molecule has 0 aliphatic carbocycles. The molecule has 44 heavy (non-hydrogen) atoms. The Morgan fingerprint density at radius 1 is 0.886 bits per heavy atom. The first-order valence-electron chi connectivity index (χ1n) is 15.6. The SMILES string of the molecule is C[C@H](NC(=O)c1ccc(N2[C@@H]3CC[C@H]2C[C@@H](NC(=O)c2ccc4scnc4c2)C3)nc1)c1ccc(N2CCN(C)CC2)cc1. The number of hydrogen-bond donors (Lipinski definition) is 2. The number of carbonyl (C=O) groups is 2. The van der Waals surface area contributed by atoms with E-state index in [0.717, 1.165) is 73.5 Å². The van der Waals surface area contributed by atoms with Crippen molar-refractivity contribution in [2.24, 2.45) is 0 Å². The monoisotopic (exact) mass is 609 g/mol. The van der Waals surface area contributed by atoms with E-state index in [9.17, 15) is 9.59 Å². The number of piperazine rings is 1. The van der Waals surface area contributed by atoms with Crippen LogP contribution in [-0.4, -0.2) is 78.0 Å². The Balaban J connectivity index is 0.937. The van der Waals surface area contributed by atoms with Gasteiger partial charge >= 0.3 is 0 Å². The quantitative estimate of drug-likeness (QED) is 0.309. The molecule has 2 bridgehead atoms. The Morgan fingerprint density at radius 3 is 2.32 bits per heavy atom. The zero-order valence-corrected chi connectivity index (χ0v) is 26.1. The van der Waals surface area contributed by atoms with Gasteiger partial charge in [0.05, 0.1) is 27.3 Å². The van der Waals surface area contributed by atoms with Crippen molar-refractivity contribution >= 4 is 44.9 Å². The van der Waals surface area contributed by atoms with Gasteiger partial charge < -0.3 is 25.3 Å². The molecule has 228 valence electrons. The van der Waals surface area contributed by atoms with Crippen molar-refractivity contribution in [1.29, 1.82) is 0 Å². The molecule has 0 radical (unpaired) electrons. The van der Waals surface area contributed by atoms with E-state index in [0.29, 0.717) is 23.2 Å². The lowest BCUT2D eigenvalue weighted by Gasteiger charge is -2.40. The van der Waals surface area contributed by atoms with Crippen molar-refractivity contribution in [3.05, 3.63) is 83.0 Å². The van der Waals surface area contributed by atoms with Crippen LogP contribution in [0.2, 0.25) is 0 Å². The number of carbonyl (C=O) groups excluding carboxylic acids is 2. The summed E-state index contributed by atoms with van der Waals surface area (Å²) in [5.74, 6) is 0.742. The maximum atomic E-state index is 13.1. The number of anilines is 2. The summed E-state index contributed by atoms with van der Waals surface area (Å²) >= 11 is 1.58. The standard InChI is InChI=1S/C34H39N7O2S/c1-22(23-3-7-27(8-4-23)40-15-13-39(2)14-16-40)37-34(43)25-6-12-32(35-20-25)41-28-9-10-29(41)19-26(18-28)38-33(42)24-5-11-31-30(17-24)36-21-44-31/h3-8,11-12,17,20-22,26,28-29H,9-10,13-16,18-19H2,1-2H3,(H,37,43)(H,38,42)/t22-,26-,28+,29-/m0/s1. The number of nitrogens with zero attached hydrogens (tertiary/aromatic N) is 5. The highest BCUT2D eigenvalue weighted by molar-refractivity contribution is 7.16. The van der Waals surface area contributed by atoms with Gasteiger partial charge in [0.1, 0.15) is 5.82 Å². The van der Waals surface area contributed by atoms with Crippen LogP contribution in [0.3, 0.4) is 0 Å². The van der Waals surface area contributed by atoms with E-state index < -0.39 is 0 Å². The molecule has 2 N–H and O–H groups in total. The lowest BCUT2D eigenvalue weighted by molar-refractivity contribution is 0.0923. The average Bonchev–Trinajstić information content (AvgIpc) is 3.62. The summed E-state index contributed by atoms with van der Waals surface area (Å²) in [6, 6.07) is 18.8. The minimum Gasteiger partial charge on any atom is -0.369 e. The first-order valence-corrected chi connectivity index (χ1v) is 16.5. The number of nitrogens with one attached hydrogen (secondary N) is 2. The lowest BCUT2D eigenvalue weighted by Crippen LogP contribution is -2.50. The minimum absolute atomic E-state index is 0.0357. The summed E-state index contributed by atoms with van der Waals surface area (Å²) in [5.41, 5.74) is 6.20. The number of benzene rings is 2. The van der Waals surface area contributed by atoms with Gasteiger partial charge in [-0.15, -0.1) is 11.3 Å². The molecule has 2 aromatic carbocycles. The number of thiazole rings is 1. The fourth-order valence-electron chi connectivity index (χ4n) is 7.01. The van der Waals surface area contributed by atoms with Crippen molar-refractivity contribution in [2.45, 2.75) is 56.8 Å². The molecule has 4 aromatic rings. The molecular formula is C34H39N7O2S. The third-order valence-corrected chi connectivity index (χ3v) is 10.4. The van der Waals surface area contributed by atoms with Gasteiger partial charge in [0.25, 0.3) is 11.8 Å². The lowest BCUT2D eigenvalue weighted by atomic mass is 9.96. The maximum absolute atomic E-state index is 13.1. The van der Waals surface area contributed by atoms with Crippen molar-refractivity contribution in [3.8, 4) is 0 Å². The molecule has 3 aliphatic heterocycles. The largest absolute Gasteiger partial charge is 0.369 e. The van der Waals surface area contributed by atoms with E-state index >= 15 is 0 Å². The number of hydrogen-bond acceptors (Lipinski definition) is 8. The molecule has 4 atom stereocenters. The Morgan fingerprint density at radius 2 is 1.61 bits per heavy atom. The van der Waals surface area contributed by atoms with Crippen LogP contribution in [0.15, 0.2) is 66.3 Å². The molecule has 2 aromatic heterocycles. The van der Waals surface area contributed by atoms with Crippen LogP contribution in [0.4, 0.5) is 11.5 Å². The second-order valence-electron chi connectivity index (χ2n) is 12.5. The molecule has 3 saturated heterocycles. The van der Waals surface area contributed by atoms with Gasteiger partial charge in [0, 0.05) is 61.8 Å². The number of aromatic nitrogens is 2. The zero-order chi connectivity index (χ0) is 30.2. The second-order valence-corrected chi connectivity index (χ2v) is 13.3. The van der Waals surface area contributed by atoms with Crippen LogP contribution >= 0.6 is 11.3 Å². The molecule has 7 rings (SSSR count). The second kappa shape index (κ2) is 12.2. The first-order chi connectivity index (χ1) is 21.4. The zero-order valence-electron chi connectivity index (χ0n) is 25.3. The molecule has 0 saturated carbocycles. The summed E-state index contributed by atoms with van der Waals surface area (Å²) < 4.78 is 1.09. The Labute approximate surface area is 262 Å². The molecule has 5 heterocycles. The summed E-state index contributed by atoms with van der Waals surface area (Å²) in [4.78, 5) is 42.4. The van der Waals surface area contributed by atoms with Gasteiger partial charge in [-0.3, -0.25) is 9.59 Å². The van der Waals surface area contributed by atoms with E-state index in [1.165, 1.54) is 5.69 Å². The highest BCUT2D eigenvalue weighted by atomic mass is 32.1. The molecule has 3 fully saturated rings. The summed E-state index contributed by atoms with van der Waals surface area (Å²) in [6.07, 6.45) is 5.62. The predicted molar refractivity (Wildman–Crippen MR) is 176 cm³/mol. The number of piperidine rings is 1. The summed E-state index contributed by atoms with van der Waals surface area (Å²) in [5, 5.41) is 6.41. The third-order valence-electron chi connectivity index (χ3n) is 9.54. The maximum Gasteiger partial charge on any atom is 0.253 e. The molecular weight excluding hydrogens is 570 g/mol. The van der Waals surface area contributed by atoms with Gasteiger partial charge in [-0.05, 0) is 87.7 Å². The van der Waals surface area contributed by atoms with E-state index in [4.69, 9.17) is 4.98 Å². The highest BCUT2D eigenvalue weighted by Crippen LogP contribution is 2.38. The van der Waals surface area contributed by atoms with Crippen molar-refractivity contribution in [3.63, 3.8) is 0 Å². The molecule has 0 unspecified atom stereocenters. The van der Waals surface area contributed by atoms with Crippen LogP contribution in [0, 0.1) is 0 Å². The Hall–Kier alpha value is -4.02. The van der Waals surface area contributed by atoms with Gasteiger partial charge in [0.15, 0.2) is 0 Å². The van der Waals surface area contributed by atoms with Crippen molar-refractivity contribution in [1.82, 2.24) is 25.5 Å². The fourth-order valence-corrected chi connectivity index (χ4v) is 7.67. The molecule has 3 aliphatic rings. The smallest absolute Gasteiger partial charge is 0.253 e. The first kappa shape index (κ1) is 28.7. The van der Waals surface area contributed by atoms with Gasteiger partial charge in [-0.1, -0.05) is 12.1 Å². The normalized spacial score (nSPS) is 22.6. The van der Waals surface area contributed by atoms with E-state index in [1.807, 2.05) is 42.8 Å².